The normalized spacial score (nSPS) is 13.9. The van der Waals surface area contributed by atoms with Gasteiger partial charge in [-0.15, -0.1) is 0 Å². The lowest BCUT2D eigenvalue weighted by atomic mass is 10.0. The van der Waals surface area contributed by atoms with Crippen molar-refractivity contribution >= 4 is 27.5 Å². The topological polar surface area (TPSA) is 29.5 Å². The fourth-order valence-electron chi connectivity index (χ4n) is 2.41. The van der Waals surface area contributed by atoms with Crippen molar-refractivity contribution in [3.8, 4) is 16.9 Å². The Morgan fingerprint density at radius 3 is 2.70 bits per heavy atom. The molecule has 4 heteroatoms. The van der Waals surface area contributed by atoms with E-state index in [9.17, 15) is 4.79 Å². The second-order valence-electron chi connectivity index (χ2n) is 4.59. The monoisotopic (exact) mass is 331 g/mol. The van der Waals surface area contributed by atoms with Gasteiger partial charge in [-0.1, -0.05) is 46.3 Å². The number of carbonyl (C=O) groups is 1. The Balaban J connectivity index is 2.15. The van der Waals surface area contributed by atoms with Gasteiger partial charge in [-0.25, -0.2) is 0 Å². The summed E-state index contributed by atoms with van der Waals surface area (Å²) in [5, 5.41) is 0. The lowest BCUT2D eigenvalue weighted by Crippen LogP contribution is -2.38. The lowest BCUT2D eigenvalue weighted by Gasteiger charge is -2.29. The average molecular weight is 332 g/mol. The molecule has 0 aliphatic carbocycles. The molecular weight excluding hydrogens is 318 g/mol. The first-order valence-corrected chi connectivity index (χ1v) is 7.32. The van der Waals surface area contributed by atoms with E-state index in [1.807, 2.05) is 49.4 Å². The highest BCUT2D eigenvalue weighted by atomic mass is 79.9. The molecule has 0 N–H and O–H groups in total. The Morgan fingerprint density at radius 2 is 2.00 bits per heavy atom. The van der Waals surface area contributed by atoms with Gasteiger partial charge in [-0.05, 0) is 30.2 Å². The van der Waals surface area contributed by atoms with Crippen LogP contribution in [0, 0.1) is 0 Å². The van der Waals surface area contributed by atoms with E-state index in [1.54, 1.807) is 4.90 Å². The van der Waals surface area contributed by atoms with Crippen molar-refractivity contribution in [3.05, 3.63) is 46.9 Å². The first-order chi connectivity index (χ1) is 9.70. The highest BCUT2D eigenvalue weighted by Gasteiger charge is 2.25. The fraction of sp³-hybridized carbons (Fsp3) is 0.188. The van der Waals surface area contributed by atoms with Crippen molar-refractivity contribution in [2.45, 2.75) is 6.92 Å². The number of rotatable bonds is 2. The van der Waals surface area contributed by atoms with Crippen LogP contribution in [-0.2, 0) is 4.79 Å². The van der Waals surface area contributed by atoms with Crippen molar-refractivity contribution in [2.75, 3.05) is 18.1 Å². The van der Waals surface area contributed by atoms with Gasteiger partial charge in [0.25, 0.3) is 5.91 Å². The van der Waals surface area contributed by atoms with Crippen molar-refractivity contribution in [1.29, 1.82) is 0 Å². The molecule has 20 heavy (non-hydrogen) atoms. The van der Waals surface area contributed by atoms with Gasteiger partial charge in [0.1, 0.15) is 5.75 Å². The number of hydrogen-bond donors (Lipinski definition) is 0. The van der Waals surface area contributed by atoms with Crippen molar-refractivity contribution in [3.63, 3.8) is 0 Å². The minimum Gasteiger partial charge on any atom is -0.482 e. The van der Waals surface area contributed by atoms with E-state index in [1.165, 1.54) is 0 Å². The molecule has 2 aromatic rings. The maximum absolute atomic E-state index is 11.9. The average Bonchev–Trinajstić information content (AvgIpc) is 2.48. The molecule has 102 valence electrons. The molecule has 2 aromatic carbocycles. The van der Waals surface area contributed by atoms with Crippen molar-refractivity contribution < 1.29 is 9.53 Å². The zero-order valence-corrected chi connectivity index (χ0v) is 12.7. The van der Waals surface area contributed by atoms with Crippen LogP contribution < -0.4 is 9.64 Å². The van der Waals surface area contributed by atoms with Gasteiger partial charge in [0, 0.05) is 11.0 Å². The van der Waals surface area contributed by atoms with Crippen LogP contribution in [0.15, 0.2) is 46.9 Å². The Morgan fingerprint density at radius 1 is 1.25 bits per heavy atom. The van der Waals surface area contributed by atoms with Gasteiger partial charge in [0.05, 0.1) is 5.69 Å². The molecule has 0 saturated carbocycles. The first-order valence-electron chi connectivity index (χ1n) is 6.53. The van der Waals surface area contributed by atoms with Crippen molar-refractivity contribution in [2.24, 2.45) is 0 Å². The molecular formula is C16H14BrNO2. The van der Waals surface area contributed by atoms with Crippen LogP contribution in [0.25, 0.3) is 11.1 Å². The molecule has 1 amide bonds. The summed E-state index contributed by atoms with van der Waals surface area (Å²) in [7, 11) is 0. The van der Waals surface area contributed by atoms with Crippen LogP contribution in [0.3, 0.4) is 0 Å². The van der Waals surface area contributed by atoms with Crippen LogP contribution in [0.2, 0.25) is 0 Å². The number of nitrogens with zero attached hydrogens (tertiary/aromatic N) is 1. The maximum Gasteiger partial charge on any atom is 0.265 e. The summed E-state index contributed by atoms with van der Waals surface area (Å²) in [4.78, 5) is 13.7. The number of ether oxygens (including phenoxy) is 1. The number of halogens is 1. The van der Waals surface area contributed by atoms with Gasteiger partial charge in [0.2, 0.25) is 0 Å². The Hall–Kier alpha value is -1.81. The summed E-state index contributed by atoms with van der Waals surface area (Å²) in [5.74, 6) is 0.749. The third-order valence-electron chi connectivity index (χ3n) is 3.39. The predicted octanol–water partition coefficient (Wildman–Crippen LogP) is 3.86. The van der Waals surface area contributed by atoms with E-state index in [-0.39, 0.29) is 12.5 Å². The molecule has 0 fully saturated rings. The molecule has 0 unspecified atom stereocenters. The summed E-state index contributed by atoms with van der Waals surface area (Å²) in [6.45, 7) is 2.72. The third kappa shape index (κ3) is 2.20. The van der Waals surface area contributed by atoms with E-state index in [0.717, 1.165) is 27.0 Å². The zero-order chi connectivity index (χ0) is 14.1. The molecule has 3 rings (SSSR count). The molecule has 3 nitrogen and oxygen atoms in total. The van der Waals surface area contributed by atoms with E-state index >= 15 is 0 Å². The summed E-state index contributed by atoms with van der Waals surface area (Å²) in [5.41, 5.74) is 3.00. The molecule has 0 spiro atoms. The summed E-state index contributed by atoms with van der Waals surface area (Å²) >= 11 is 3.59. The number of hydrogen-bond acceptors (Lipinski definition) is 2. The number of carbonyl (C=O) groups excluding carboxylic acids is 1. The fourth-order valence-corrected chi connectivity index (χ4v) is 2.96. The predicted molar refractivity (Wildman–Crippen MR) is 83.1 cm³/mol. The molecule has 1 aliphatic heterocycles. The zero-order valence-electron chi connectivity index (χ0n) is 11.1. The number of amides is 1. The SMILES string of the molecule is CCN1C(=O)COc2cc(Br)c(-c3ccccc3)cc21. The standard InChI is InChI=1S/C16H14BrNO2/c1-2-18-14-8-12(11-6-4-3-5-7-11)13(17)9-15(14)20-10-16(18)19/h3-9H,2,10H2,1H3. The van der Waals surface area contributed by atoms with Gasteiger partial charge >= 0.3 is 0 Å². The second-order valence-corrected chi connectivity index (χ2v) is 5.45. The summed E-state index contributed by atoms with van der Waals surface area (Å²) in [6, 6.07) is 14.0. The highest BCUT2D eigenvalue weighted by Crippen LogP contribution is 2.40. The molecule has 1 heterocycles. The smallest absolute Gasteiger partial charge is 0.265 e. The maximum atomic E-state index is 11.9. The largest absolute Gasteiger partial charge is 0.482 e. The van der Waals surface area contributed by atoms with Gasteiger partial charge in [-0.2, -0.15) is 0 Å². The quantitative estimate of drug-likeness (QED) is 0.836. The molecule has 0 aromatic heterocycles. The minimum absolute atomic E-state index is 0.00124. The van der Waals surface area contributed by atoms with Crippen LogP contribution >= 0.6 is 15.9 Å². The second kappa shape index (κ2) is 5.29. The highest BCUT2D eigenvalue weighted by molar-refractivity contribution is 9.10. The van der Waals surface area contributed by atoms with E-state index in [2.05, 4.69) is 15.9 Å². The van der Waals surface area contributed by atoms with E-state index in [4.69, 9.17) is 4.74 Å². The Labute approximate surface area is 126 Å². The van der Waals surface area contributed by atoms with Crippen LogP contribution in [0.1, 0.15) is 6.92 Å². The number of anilines is 1. The first kappa shape index (κ1) is 13.2. The number of likely N-dealkylation sites (N-methyl/N-ethyl adjacent to an activating group) is 1. The van der Waals surface area contributed by atoms with Gasteiger partial charge in [0.15, 0.2) is 6.61 Å². The Kier molecular flexibility index (Phi) is 3.49. The van der Waals surface area contributed by atoms with Gasteiger partial charge < -0.3 is 9.64 Å². The third-order valence-corrected chi connectivity index (χ3v) is 4.05. The van der Waals surface area contributed by atoms with E-state index < -0.39 is 0 Å². The molecule has 0 atom stereocenters. The van der Waals surface area contributed by atoms with Gasteiger partial charge in [-0.3, -0.25) is 4.79 Å². The van der Waals surface area contributed by atoms with Crippen LogP contribution in [-0.4, -0.2) is 19.1 Å². The van der Waals surface area contributed by atoms with Crippen LogP contribution in [0.4, 0.5) is 5.69 Å². The molecule has 0 bridgehead atoms. The van der Waals surface area contributed by atoms with Crippen LogP contribution in [0.5, 0.6) is 5.75 Å². The number of fused-ring (bicyclic) bond motifs is 1. The summed E-state index contributed by atoms with van der Waals surface area (Å²) in [6.07, 6.45) is 0. The lowest BCUT2D eigenvalue weighted by molar-refractivity contribution is -0.121. The minimum atomic E-state index is 0.00124. The Bertz CT molecular complexity index is 655. The molecule has 0 radical (unpaired) electrons. The molecule has 1 aliphatic rings. The van der Waals surface area contributed by atoms with E-state index in [0.29, 0.717) is 6.54 Å². The number of benzene rings is 2. The summed E-state index contributed by atoms with van der Waals surface area (Å²) < 4.78 is 6.48. The molecule has 0 saturated heterocycles. The van der Waals surface area contributed by atoms with Crippen molar-refractivity contribution in [1.82, 2.24) is 0 Å².